The number of carbonyl (C=O) groups excluding carboxylic acids is 1. The Labute approximate surface area is 144 Å². The average Bonchev–Trinajstić information content (AvgIpc) is 2.59. The molecule has 1 aromatic carbocycles. The third kappa shape index (κ3) is 3.89. The molecule has 1 aliphatic heterocycles. The number of carbonyl (C=O) groups is 1. The number of hydrogen-bond acceptors (Lipinski definition) is 5. The van der Waals surface area contributed by atoms with Crippen LogP contribution in [0.3, 0.4) is 0 Å². The molecular weight excluding hydrogens is 326 g/mol. The number of amides is 1. The van der Waals surface area contributed by atoms with Gasteiger partial charge in [0.05, 0.1) is 0 Å². The molecule has 1 unspecified atom stereocenters. The van der Waals surface area contributed by atoms with Crippen molar-refractivity contribution in [3.8, 4) is 0 Å². The van der Waals surface area contributed by atoms with Crippen LogP contribution in [0.25, 0.3) is 0 Å². The van der Waals surface area contributed by atoms with Crippen LogP contribution in [0.5, 0.6) is 0 Å². The molecule has 0 saturated carbocycles. The van der Waals surface area contributed by atoms with Crippen molar-refractivity contribution in [3.05, 3.63) is 30.3 Å². The molecule has 1 aromatic rings. The van der Waals surface area contributed by atoms with Crippen LogP contribution in [0.1, 0.15) is 19.8 Å². The van der Waals surface area contributed by atoms with Crippen molar-refractivity contribution < 1.29 is 13.2 Å². The van der Waals surface area contributed by atoms with E-state index < -0.39 is 14.6 Å². The van der Waals surface area contributed by atoms with Crippen molar-refractivity contribution in [2.75, 3.05) is 37.8 Å². The molecule has 2 rings (SSSR count). The Bertz CT molecular complexity index is 655. The summed E-state index contributed by atoms with van der Waals surface area (Å²) in [5.74, 6) is -0.375. The average molecular weight is 353 g/mol. The van der Waals surface area contributed by atoms with Gasteiger partial charge in [-0.15, -0.1) is 0 Å². The highest BCUT2D eigenvalue weighted by atomic mass is 32.2. The highest BCUT2D eigenvalue weighted by Crippen LogP contribution is 2.28. The lowest BCUT2D eigenvalue weighted by Gasteiger charge is -2.35. The molecule has 24 heavy (non-hydrogen) atoms. The van der Waals surface area contributed by atoms with Crippen LogP contribution in [-0.2, 0) is 14.6 Å². The molecule has 1 heterocycles. The van der Waals surface area contributed by atoms with Crippen molar-refractivity contribution in [2.45, 2.75) is 30.6 Å². The van der Waals surface area contributed by atoms with Gasteiger partial charge in [-0.25, -0.2) is 8.42 Å². The molecule has 7 heteroatoms. The number of nitrogens with zero attached hydrogens (tertiary/aromatic N) is 1. The second-order valence-corrected chi connectivity index (χ2v) is 8.85. The van der Waals surface area contributed by atoms with E-state index >= 15 is 0 Å². The highest BCUT2D eigenvalue weighted by Gasteiger charge is 2.48. The maximum atomic E-state index is 12.7. The lowest BCUT2D eigenvalue weighted by atomic mass is 9.95. The lowest BCUT2D eigenvalue weighted by Crippen LogP contribution is -2.58. The molecule has 6 nitrogen and oxygen atoms in total. The van der Waals surface area contributed by atoms with Gasteiger partial charge in [0, 0.05) is 31.6 Å². The molecule has 0 spiro atoms. The zero-order valence-electron chi connectivity index (χ0n) is 14.6. The fourth-order valence-electron chi connectivity index (χ4n) is 3.05. The zero-order chi connectivity index (χ0) is 17.8. The van der Waals surface area contributed by atoms with Crippen LogP contribution in [0.4, 0.5) is 5.69 Å². The number of rotatable bonds is 6. The van der Waals surface area contributed by atoms with Crippen molar-refractivity contribution >= 4 is 21.4 Å². The van der Waals surface area contributed by atoms with Crippen LogP contribution >= 0.6 is 0 Å². The molecule has 0 bridgehead atoms. The summed E-state index contributed by atoms with van der Waals surface area (Å²) in [5, 5.41) is 5.98. The number of likely N-dealkylation sites (N-methyl/N-ethyl adjacent to an activating group) is 1. The largest absolute Gasteiger partial charge is 0.370 e. The standard InChI is InChI=1S/C17H27N3O3S/c1-14(20(2)15-7-5-4-6-8-15)13-19-16(21)17(24(3,22)23)9-11-18-12-10-17/h4-8,14,18H,9-13H2,1-3H3,(H,19,21). The van der Waals surface area contributed by atoms with E-state index in [0.717, 1.165) is 11.9 Å². The van der Waals surface area contributed by atoms with Crippen LogP contribution in [0.15, 0.2) is 30.3 Å². The number of sulfone groups is 1. The molecule has 0 aromatic heterocycles. The number of para-hydroxylation sites is 1. The Balaban J connectivity index is 2.03. The van der Waals surface area contributed by atoms with Crippen LogP contribution < -0.4 is 15.5 Å². The Hall–Kier alpha value is -1.60. The van der Waals surface area contributed by atoms with Crippen LogP contribution in [0.2, 0.25) is 0 Å². The first kappa shape index (κ1) is 18.7. The van der Waals surface area contributed by atoms with Crippen LogP contribution in [0, 0.1) is 0 Å². The van der Waals surface area contributed by atoms with E-state index in [-0.39, 0.29) is 11.9 Å². The van der Waals surface area contributed by atoms with E-state index in [1.54, 1.807) is 0 Å². The van der Waals surface area contributed by atoms with Gasteiger partial charge in [0.1, 0.15) is 0 Å². The maximum Gasteiger partial charge on any atom is 0.241 e. The van der Waals surface area contributed by atoms with E-state index in [9.17, 15) is 13.2 Å². The van der Waals surface area contributed by atoms with E-state index in [1.807, 2.05) is 44.3 Å². The fraction of sp³-hybridized carbons (Fsp3) is 0.588. The van der Waals surface area contributed by atoms with Crippen molar-refractivity contribution in [2.24, 2.45) is 0 Å². The monoisotopic (exact) mass is 353 g/mol. The topological polar surface area (TPSA) is 78.5 Å². The summed E-state index contributed by atoms with van der Waals surface area (Å²) in [4.78, 5) is 14.8. The number of anilines is 1. The minimum Gasteiger partial charge on any atom is -0.370 e. The van der Waals surface area contributed by atoms with E-state index in [1.165, 1.54) is 0 Å². The van der Waals surface area contributed by atoms with Gasteiger partial charge in [0.15, 0.2) is 14.6 Å². The first-order valence-electron chi connectivity index (χ1n) is 8.24. The lowest BCUT2D eigenvalue weighted by molar-refractivity contribution is -0.124. The second kappa shape index (κ2) is 7.53. The Kier molecular flexibility index (Phi) is 5.87. The molecule has 0 radical (unpaired) electrons. The van der Waals surface area contributed by atoms with E-state index in [4.69, 9.17) is 0 Å². The highest BCUT2D eigenvalue weighted by molar-refractivity contribution is 7.92. The fourth-order valence-corrected chi connectivity index (χ4v) is 4.41. The number of nitrogens with one attached hydrogen (secondary N) is 2. The van der Waals surface area contributed by atoms with Gasteiger partial charge in [-0.3, -0.25) is 4.79 Å². The number of piperidine rings is 1. The summed E-state index contributed by atoms with van der Waals surface area (Å²) in [7, 11) is -1.51. The zero-order valence-corrected chi connectivity index (χ0v) is 15.4. The summed E-state index contributed by atoms with van der Waals surface area (Å²) in [5.41, 5.74) is 1.05. The summed E-state index contributed by atoms with van der Waals surface area (Å²) in [6.45, 7) is 3.48. The van der Waals surface area contributed by atoms with Crippen molar-refractivity contribution in [1.29, 1.82) is 0 Å². The molecule has 0 aliphatic carbocycles. The molecular formula is C17H27N3O3S. The first-order chi connectivity index (χ1) is 11.3. The minimum absolute atomic E-state index is 0.0506. The quantitative estimate of drug-likeness (QED) is 0.791. The van der Waals surface area contributed by atoms with Gasteiger partial charge < -0.3 is 15.5 Å². The minimum atomic E-state index is -3.47. The van der Waals surface area contributed by atoms with Crippen molar-refractivity contribution in [3.63, 3.8) is 0 Å². The Morgan fingerprint density at radius 1 is 1.29 bits per heavy atom. The summed E-state index contributed by atoms with van der Waals surface area (Å²) >= 11 is 0. The van der Waals surface area contributed by atoms with Gasteiger partial charge in [0.2, 0.25) is 5.91 Å². The predicted molar refractivity (Wildman–Crippen MR) is 97.0 cm³/mol. The molecule has 1 aliphatic rings. The Morgan fingerprint density at radius 3 is 2.42 bits per heavy atom. The molecule has 134 valence electrons. The predicted octanol–water partition coefficient (Wildman–Crippen LogP) is 0.794. The summed E-state index contributed by atoms with van der Waals surface area (Å²) in [6, 6.07) is 9.94. The SMILES string of the molecule is CC(CNC(=O)C1(S(C)(=O)=O)CCNCC1)N(C)c1ccccc1. The van der Waals surface area contributed by atoms with Gasteiger partial charge >= 0.3 is 0 Å². The number of hydrogen-bond donors (Lipinski definition) is 2. The van der Waals surface area contributed by atoms with Gasteiger partial charge in [-0.1, -0.05) is 18.2 Å². The van der Waals surface area contributed by atoms with Gasteiger partial charge in [0.25, 0.3) is 0 Å². The normalized spacial score (nSPS) is 18.6. The summed E-state index contributed by atoms with van der Waals surface area (Å²) in [6.07, 6.45) is 1.80. The van der Waals surface area contributed by atoms with Crippen LogP contribution in [-0.4, -0.2) is 58.1 Å². The van der Waals surface area contributed by atoms with Gasteiger partial charge in [-0.2, -0.15) is 0 Å². The van der Waals surface area contributed by atoms with Gasteiger partial charge in [-0.05, 0) is 45.0 Å². The first-order valence-corrected chi connectivity index (χ1v) is 10.1. The van der Waals surface area contributed by atoms with E-state index in [2.05, 4.69) is 15.5 Å². The van der Waals surface area contributed by atoms with Crippen molar-refractivity contribution in [1.82, 2.24) is 10.6 Å². The molecule has 1 saturated heterocycles. The smallest absolute Gasteiger partial charge is 0.241 e. The molecule has 1 amide bonds. The third-order valence-electron chi connectivity index (χ3n) is 4.92. The maximum absolute atomic E-state index is 12.7. The van der Waals surface area contributed by atoms with E-state index in [0.29, 0.717) is 32.5 Å². The third-order valence-corrected chi connectivity index (χ3v) is 6.93. The molecule has 2 N–H and O–H groups in total. The second-order valence-electron chi connectivity index (χ2n) is 6.52. The summed E-state index contributed by atoms with van der Waals surface area (Å²) < 4.78 is 23.2. The molecule has 1 atom stereocenters. The molecule has 1 fully saturated rings. The Morgan fingerprint density at radius 2 is 1.88 bits per heavy atom. The number of benzene rings is 1.